The van der Waals surface area contributed by atoms with Crippen molar-refractivity contribution in [1.82, 2.24) is 4.90 Å². The fourth-order valence-corrected chi connectivity index (χ4v) is 3.46. The second-order valence-corrected chi connectivity index (χ2v) is 8.03. The monoisotopic (exact) mass is 619 g/mol. The molecule has 0 fully saturated rings. The number of carbonyl (C=O) groups excluding carboxylic acids is 2. The van der Waals surface area contributed by atoms with Gasteiger partial charge < -0.3 is 14.4 Å². The van der Waals surface area contributed by atoms with Gasteiger partial charge in [-0.3, -0.25) is 9.59 Å². The molecule has 2 rings (SSSR count). The van der Waals surface area contributed by atoms with Crippen molar-refractivity contribution in [2.24, 2.45) is 0 Å². The van der Waals surface area contributed by atoms with Gasteiger partial charge in [0.2, 0.25) is 5.91 Å². The number of halogens is 1. The van der Waals surface area contributed by atoms with Gasteiger partial charge in [-0.15, -0.1) is 0 Å². The van der Waals surface area contributed by atoms with Crippen molar-refractivity contribution in [1.29, 1.82) is 10.5 Å². The topological polar surface area (TPSA) is 103 Å². The van der Waals surface area contributed by atoms with Gasteiger partial charge in [0.15, 0.2) is 6.23 Å². The fraction of sp³-hybridized carbons (Fsp3) is 0.448. The Morgan fingerprint density at radius 3 is 1.68 bits per heavy atom. The molecule has 0 spiro atoms. The lowest BCUT2D eigenvalue weighted by Gasteiger charge is -2.27. The molecule has 2 aromatic rings. The SMILES string of the molecule is CCCC(=O)CC(OC)c1ccc(C#N)cc1.CCCC(=O)N(C)C(OC)c1ccc(C#N)cc1.CI. The lowest BCUT2D eigenvalue weighted by molar-refractivity contribution is -0.141. The number of ether oxygens (including phenoxy) is 2. The second kappa shape index (κ2) is 20.3. The number of nitriles is 2. The summed E-state index contributed by atoms with van der Waals surface area (Å²) in [5.74, 6) is 0.261. The first-order chi connectivity index (χ1) is 17.8. The summed E-state index contributed by atoms with van der Waals surface area (Å²) in [6.07, 6.45) is 2.56. The highest BCUT2D eigenvalue weighted by Crippen LogP contribution is 2.23. The number of hydrogen-bond donors (Lipinski definition) is 0. The summed E-state index contributed by atoms with van der Waals surface area (Å²) in [5, 5.41) is 17.5. The molecule has 7 nitrogen and oxygen atoms in total. The van der Waals surface area contributed by atoms with Gasteiger partial charge in [-0.25, -0.2) is 0 Å². The average molecular weight is 620 g/mol. The summed E-state index contributed by atoms with van der Waals surface area (Å²) in [6, 6.07) is 18.3. The molecule has 0 heterocycles. The van der Waals surface area contributed by atoms with Gasteiger partial charge in [0, 0.05) is 46.1 Å². The normalized spacial score (nSPS) is 11.3. The van der Waals surface area contributed by atoms with Crippen molar-refractivity contribution in [2.75, 3.05) is 26.2 Å². The molecular weight excluding hydrogens is 581 g/mol. The van der Waals surface area contributed by atoms with E-state index in [1.54, 1.807) is 50.4 Å². The number of Topliss-reactive ketones (excluding diaryl/α,β-unsaturated/α-hetero) is 1. The zero-order chi connectivity index (χ0) is 28.2. The summed E-state index contributed by atoms with van der Waals surface area (Å²) in [6.45, 7) is 3.96. The molecule has 37 heavy (non-hydrogen) atoms. The third-order valence-corrected chi connectivity index (χ3v) is 5.40. The lowest BCUT2D eigenvalue weighted by atomic mass is 10.0. The third kappa shape index (κ3) is 12.3. The van der Waals surface area contributed by atoms with Crippen LogP contribution in [-0.2, 0) is 19.1 Å². The molecule has 1 amide bonds. The Morgan fingerprint density at radius 2 is 1.30 bits per heavy atom. The maximum absolute atomic E-state index is 11.8. The van der Waals surface area contributed by atoms with Gasteiger partial charge in [-0.05, 0) is 47.6 Å². The minimum Gasteiger partial charge on any atom is -0.376 e. The van der Waals surface area contributed by atoms with Gasteiger partial charge in [0.05, 0.1) is 29.4 Å². The highest BCUT2D eigenvalue weighted by Gasteiger charge is 2.20. The van der Waals surface area contributed by atoms with Crippen LogP contribution in [0.15, 0.2) is 48.5 Å². The van der Waals surface area contributed by atoms with Crippen LogP contribution in [0.5, 0.6) is 0 Å². The van der Waals surface area contributed by atoms with E-state index < -0.39 is 6.23 Å². The number of nitrogens with zero attached hydrogens (tertiary/aromatic N) is 3. The quantitative estimate of drug-likeness (QED) is 0.161. The Morgan fingerprint density at radius 1 is 0.838 bits per heavy atom. The van der Waals surface area contributed by atoms with Crippen molar-refractivity contribution >= 4 is 34.3 Å². The van der Waals surface area contributed by atoms with E-state index in [0.717, 1.165) is 24.0 Å². The Labute approximate surface area is 235 Å². The fourth-order valence-electron chi connectivity index (χ4n) is 3.46. The number of methoxy groups -OCH3 is 2. The first kappa shape index (κ1) is 34.2. The van der Waals surface area contributed by atoms with E-state index in [1.165, 1.54) is 0 Å². The number of alkyl halides is 1. The van der Waals surface area contributed by atoms with E-state index in [-0.39, 0.29) is 17.8 Å². The van der Waals surface area contributed by atoms with E-state index in [0.29, 0.717) is 30.4 Å². The van der Waals surface area contributed by atoms with Crippen LogP contribution in [0.4, 0.5) is 0 Å². The zero-order valence-electron chi connectivity index (χ0n) is 22.7. The van der Waals surface area contributed by atoms with Gasteiger partial charge in [0.25, 0.3) is 0 Å². The minimum absolute atomic E-state index is 0.0497. The van der Waals surface area contributed by atoms with E-state index in [4.69, 9.17) is 20.0 Å². The lowest BCUT2D eigenvalue weighted by Crippen LogP contribution is -2.32. The molecular formula is C29H38IN3O4. The number of ketones is 1. The first-order valence-corrected chi connectivity index (χ1v) is 14.2. The molecule has 0 saturated heterocycles. The van der Waals surface area contributed by atoms with Gasteiger partial charge in [-0.2, -0.15) is 10.5 Å². The molecule has 2 unspecified atom stereocenters. The van der Waals surface area contributed by atoms with Crippen molar-refractivity contribution in [3.8, 4) is 12.1 Å². The molecule has 2 aromatic carbocycles. The Hall–Kier alpha value is -2.79. The van der Waals surface area contributed by atoms with E-state index in [9.17, 15) is 9.59 Å². The van der Waals surface area contributed by atoms with Crippen molar-refractivity contribution in [3.63, 3.8) is 0 Å². The highest BCUT2D eigenvalue weighted by molar-refractivity contribution is 14.1. The summed E-state index contributed by atoms with van der Waals surface area (Å²) in [4.78, 5) is 27.0. The number of carbonyl (C=O) groups is 2. The van der Waals surface area contributed by atoms with E-state index in [2.05, 4.69) is 34.7 Å². The summed E-state index contributed by atoms with van der Waals surface area (Å²) in [5.41, 5.74) is 3.01. The van der Waals surface area contributed by atoms with Gasteiger partial charge in [0.1, 0.15) is 5.78 Å². The van der Waals surface area contributed by atoms with Crippen LogP contribution in [0, 0.1) is 22.7 Å². The second-order valence-electron chi connectivity index (χ2n) is 8.03. The minimum atomic E-state index is -0.406. The Balaban J connectivity index is 0.000000657. The van der Waals surface area contributed by atoms with Crippen molar-refractivity contribution < 1.29 is 19.1 Å². The molecule has 0 aromatic heterocycles. The Kier molecular flexibility index (Phi) is 18.8. The molecule has 0 bridgehead atoms. The summed E-state index contributed by atoms with van der Waals surface area (Å²) in [7, 11) is 4.89. The van der Waals surface area contributed by atoms with Crippen LogP contribution in [0.1, 0.15) is 80.5 Å². The highest BCUT2D eigenvalue weighted by atomic mass is 127. The molecule has 0 N–H and O–H groups in total. The molecule has 200 valence electrons. The van der Waals surface area contributed by atoms with Crippen LogP contribution < -0.4 is 0 Å². The molecule has 0 saturated carbocycles. The van der Waals surface area contributed by atoms with Crippen LogP contribution in [-0.4, -0.2) is 42.8 Å². The van der Waals surface area contributed by atoms with Crippen LogP contribution in [0.2, 0.25) is 0 Å². The summed E-state index contributed by atoms with van der Waals surface area (Å²) < 4.78 is 10.7. The van der Waals surface area contributed by atoms with Crippen LogP contribution in [0.3, 0.4) is 0 Å². The van der Waals surface area contributed by atoms with Crippen LogP contribution in [0.25, 0.3) is 0 Å². The maximum Gasteiger partial charge on any atom is 0.224 e. The van der Waals surface area contributed by atoms with E-state index >= 15 is 0 Å². The molecule has 0 aliphatic heterocycles. The van der Waals surface area contributed by atoms with Gasteiger partial charge >= 0.3 is 0 Å². The van der Waals surface area contributed by atoms with Crippen molar-refractivity contribution in [2.45, 2.75) is 58.3 Å². The van der Waals surface area contributed by atoms with Crippen LogP contribution >= 0.6 is 22.6 Å². The smallest absolute Gasteiger partial charge is 0.224 e. The molecule has 0 aliphatic carbocycles. The van der Waals surface area contributed by atoms with E-state index in [1.807, 2.05) is 43.0 Å². The van der Waals surface area contributed by atoms with Gasteiger partial charge in [-0.1, -0.05) is 60.7 Å². The number of benzene rings is 2. The van der Waals surface area contributed by atoms with Crippen molar-refractivity contribution in [3.05, 3.63) is 70.8 Å². The maximum atomic E-state index is 11.8. The average Bonchev–Trinajstić information content (AvgIpc) is 2.94. The number of hydrogen-bond acceptors (Lipinski definition) is 6. The molecule has 0 aliphatic rings. The number of amides is 1. The summed E-state index contributed by atoms with van der Waals surface area (Å²) >= 11 is 2.15. The molecule has 0 radical (unpaired) electrons. The largest absolute Gasteiger partial charge is 0.376 e. The predicted octanol–water partition coefficient (Wildman–Crippen LogP) is 6.52. The molecule has 8 heteroatoms. The number of rotatable bonds is 11. The Bertz CT molecular complexity index is 1010. The molecule has 2 atom stereocenters. The third-order valence-electron chi connectivity index (χ3n) is 5.40. The first-order valence-electron chi connectivity index (χ1n) is 12.1. The predicted molar refractivity (Wildman–Crippen MR) is 154 cm³/mol. The standard InChI is InChI=1S/C14H18N2O2.C14H17NO2.CH3I/c1-4-5-13(17)16(2)14(18-3)12-8-6-11(10-15)7-9-12;1-3-4-13(16)9-14(17-2)12-7-5-11(10-15)6-8-12;1-2/h6-9,14H,4-5H2,1-3H3;5-8,14H,3-4,9H2,1-2H3;1H3. The zero-order valence-corrected chi connectivity index (χ0v) is 24.8.